The molecule has 0 spiro atoms. The van der Waals surface area contributed by atoms with Crippen molar-refractivity contribution in [3.05, 3.63) is 29.1 Å². The lowest BCUT2D eigenvalue weighted by Crippen LogP contribution is -2.15. The van der Waals surface area contributed by atoms with Gasteiger partial charge in [-0.25, -0.2) is 0 Å². The number of nitrogens with one attached hydrogen (secondary N) is 1. The van der Waals surface area contributed by atoms with E-state index in [1.807, 2.05) is 21.0 Å². The molecular formula is C11H14ClN7. The van der Waals surface area contributed by atoms with E-state index in [4.69, 9.17) is 11.6 Å². The molecule has 2 aromatic heterocycles. The highest BCUT2D eigenvalue weighted by Crippen LogP contribution is 2.11. The first-order valence-corrected chi connectivity index (χ1v) is 6.02. The molecule has 0 fully saturated rings. The van der Waals surface area contributed by atoms with Crippen LogP contribution in [0.2, 0.25) is 5.28 Å². The zero-order chi connectivity index (χ0) is 13.8. The summed E-state index contributed by atoms with van der Waals surface area (Å²) in [6.07, 6.45) is 3.42. The van der Waals surface area contributed by atoms with Crippen molar-refractivity contribution in [2.24, 2.45) is 0 Å². The van der Waals surface area contributed by atoms with Gasteiger partial charge in [0.1, 0.15) is 0 Å². The molecule has 8 heteroatoms. The Bertz CT molecular complexity index is 555. The Morgan fingerprint density at radius 1 is 1.16 bits per heavy atom. The van der Waals surface area contributed by atoms with Gasteiger partial charge in [-0.15, -0.1) is 0 Å². The lowest BCUT2D eigenvalue weighted by Gasteiger charge is -2.11. The molecule has 0 unspecified atom stereocenters. The molecule has 0 aliphatic heterocycles. The third-order valence-corrected chi connectivity index (χ3v) is 2.43. The van der Waals surface area contributed by atoms with Crippen LogP contribution in [-0.2, 0) is 6.54 Å². The average Bonchev–Trinajstić information content (AvgIpc) is 2.37. The number of hydrogen-bond donors (Lipinski definition) is 1. The monoisotopic (exact) mass is 279 g/mol. The van der Waals surface area contributed by atoms with E-state index < -0.39 is 0 Å². The summed E-state index contributed by atoms with van der Waals surface area (Å²) in [5.74, 6) is 0.906. The van der Waals surface area contributed by atoms with Crippen molar-refractivity contribution in [2.45, 2.75) is 13.5 Å². The van der Waals surface area contributed by atoms with Crippen molar-refractivity contribution in [3.8, 4) is 0 Å². The van der Waals surface area contributed by atoms with E-state index in [1.165, 1.54) is 0 Å². The van der Waals surface area contributed by atoms with Crippen LogP contribution in [0.3, 0.4) is 0 Å². The van der Waals surface area contributed by atoms with Gasteiger partial charge in [0, 0.05) is 20.3 Å². The number of aryl methyl sites for hydroxylation is 1. The minimum atomic E-state index is 0.149. The maximum Gasteiger partial charge on any atom is 0.230 e. The molecule has 0 atom stereocenters. The van der Waals surface area contributed by atoms with E-state index >= 15 is 0 Å². The minimum Gasteiger partial charge on any atom is -0.348 e. The number of hydrogen-bond acceptors (Lipinski definition) is 7. The zero-order valence-electron chi connectivity index (χ0n) is 10.9. The van der Waals surface area contributed by atoms with E-state index in [0.29, 0.717) is 18.4 Å². The second kappa shape index (κ2) is 5.75. The van der Waals surface area contributed by atoms with Crippen molar-refractivity contribution < 1.29 is 0 Å². The molecular weight excluding hydrogens is 266 g/mol. The van der Waals surface area contributed by atoms with Gasteiger partial charge in [-0.3, -0.25) is 9.97 Å². The molecule has 0 aliphatic rings. The Balaban J connectivity index is 2.08. The summed E-state index contributed by atoms with van der Waals surface area (Å²) in [4.78, 5) is 22.4. The van der Waals surface area contributed by atoms with Crippen LogP contribution < -0.4 is 10.2 Å². The predicted molar refractivity (Wildman–Crippen MR) is 73.3 cm³/mol. The summed E-state index contributed by atoms with van der Waals surface area (Å²) in [6.45, 7) is 2.36. The molecule has 2 aromatic rings. The average molecular weight is 280 g/mol. The van der Waals surface area contributed by atoms with Crippen LogP contribution in [0.15, 0.2) is 12.4 Å². The molecule has 19 heavy (non-hydrogen) atoms. The van der Waals surface area contributed by atoms with Crippen LogP contribution in [0.5, 0.6) is 0 Å². The van der Waals surface area contributed by atoms with E-state index in [1.54, 1.807) is 17.3 Å². The Kier molecular flexibility index (Phi) is 4.06. The SMILES string of the molecule is Cc1cnc(CNc2nc(Cl)nc(N(C)C)n2)cn1. The summed E-state index contributed by atoms with van der Waals surface area (Å²) in [7, 11) is 3.67. The van der Waals surface area contributed by atoms with Crippen LogP contribution in [0.25, 0.3) is 0 Å². The largest absolute Gasteiger partial charge is 0.348 e. The number of anilines is 2. The molecule has 0 aliphatic carbocycles. The van der Waals surface area contributed by atoms with E-state index in [0.717, 1.165) is 11.4 Å². The first-order chi connectivity index (χ1) is 9.04. The van der Waals surface area contributed by atoms with Gasteiger partial charge in [-0.2, -0.15) is 15.0 Å². The Morgan fingerprint density at radius 3 is 2.58 bits per heavy atom. The quantitative estimate of drug-likeness (QED) is 0.903. The fourth-order valence-corrected chi connectivity index (χ4v) is 1.45. The standard InChI is InChI=1S/C11H14ClN7/c1-7-4-14-8(5-13-7)6-15-10-16-9(12)17-11(18-10)19(2)3/h4-5H,6H2,1-3H3,(H,15,16,17,18). The normalized spacial score (nSPS) is 10.3. The second-order valence-corrected chi connectivity index (χ2v) is 4.46. The first-order valence-electron chi connectivity index (χ1n) is 5.65. The topological polar surface area (TPSA) is 79.7 Å². The van der Waals surface area contributed by atoms with E-state index in [2.05, 4.69) is 30.2 Å². The van der Waals surface area contributed by atoms with Gasteiger partial charge in [-0.05, 0) is 18.5 Å². The highest BCUT2D eigenvalue weighted by molar-refractivity contribution is 6.28. The van der Waals surface area contributed by atoms with E-state index in [9.17, 15) is 0 Å². The molecule has 2 heterocycles. The molecule has 1 N–H and O–H groups in total. The summed E-state index contributed by atoms with van der Waals surface area (Å²) in [5.41, 5.74) is 1.68. The number of aromatic nitrogens is 5. The summed E-state index contributed by atoms with van der Waals surface area (Å²) < 4.78 is 0. The fourth-order valence-electron chi connectivity index (χ4n) is 1.30. The molecule has 0 saturated carbocycles. The minimum absolute atomic E-state index is 0.149. The molecule has 0 amide bonds. The molecule has 0 bridgehead atoms. The summed E-state index contributed by atoms with van der Waals surface area (Å²) in [5, 5.41) is 3.19. The van der Waals surface area contributed by atoms with Gasteiger partial charge < -0.3 is 10.2 Å². The van der Waals surface area contributed by atoms with Gasteiger partial charge >= 0.3 is 0 Å². The zero-order valence-corrected chi connectivity index (χ0v) is 11.7. The highest BCUT2D eigenvalue weighted by Gasteiger charge is 2.06. The lowest BCUT2D eigenvalue weighted by molar-refractivity contribution is 0.923. The fraction of sp³-hybridized carbons (Fsp3) is 0.364. The number of rotatable bonds is 4. The van der Waals surface area contributed by atoms with Gasteiger partial charge in [0.15, 0.2) is 0 Å². The van der Waals surface area contributed by atoms with Crippen molar-refractivity contribution in [1.82, 2.24) is 24.9 Å². The van der Waals surface area contributed by atoms with Crippen LogP contribution in [-0.4, -0.2) is 39.0 Å². The molecule has 0 radical (unpaired) electrons. The van der Waals surface area contributed by atoms with Crippen LogP contribution in [0.1, 0.15) is 11.4 Å². The number of nitrogens with zero attached hydrogens (tertiary/aromatic N) is 6. The van der Waals surface area contributed by atoms with E-state index in [-0.39, 0.29) is 5.28 Å². The van der Waals surface area contributed by atoms with Gasteiger partial charge in [0.2, 0.25) is 17.2 Å². The van der Waals surface area contributed by atoms with Crippen molar-refractivity contribution in [1.29, 1.82) is 0 Å². The maximum absolute atomic E-state index is 5.84. The van der Waals surface area contributed by atoms with Crippen LogP contribution in [0, 0.1) is 6.92 Å². The Hall–Kier alpha value is -2.02. The van der Waals surface area contributed by atoms with Gasteiger partial charge in [-0.1, -0.05) is 0 Å². The first kappa shape index (κ1) is 13.4. The Morgan fingerprint density at radius 2 is 1.95 bits per heavy atom. The van der Waals surface area contributed by atoms with Crippen LogP contribution >= 0.6 is 11.6 Å². The molecule has 7 nitrogen and oxygen atoms in total. The second-order valence-electron chi connectivity index (χ2n) is 4.13. The predicted octanol–water partition coefficient (Wildman–Crippen LogP) is 1.30. The Labute approximate surface area is 116 Å². The smallest absolute Gasteiger partial charge is 0.230 e. The van der Waals surface area contributed by atoms with Crippen molar-refractivity contribution in [3.63, 3.8) is 0 Å². The molecule has 100 valence electrons. The summed E-state index contributed by atoms with van der Waals surface area (Å²) in [6, 6.07) is 0. The van der Waals surface area contributed by atoms with Crippen molar-refractivity contribution >= 4 is 23.5 Å². The number of halogens is 1. The maximum atomic E-state index is 5.84. The van der Waals surface area contributed by atoms with Gasteiger partial charge in [0.25, 0.3) is 0 Å². The molecule has 2 rings (SSSR count). The summed E-state index contributed by atoms with van der Waals surface area (Å²) >= 11 is 5.84. The van der Waals surface area contributed by atoms with Gasteiger partial charge in [0.05, 0.1) is 24.1 Å². The lowest BCUT2D eigenvalue weighted by atomic mass is 10.4. The molecule has 0 aromatic carbocycles. The molecule has 0 saturated heterocycles. The highest BCUT2D eigenvalue weighted by atomic mass is 35.5. The van der Waals surface area contributed by atoms with Crippen LogP contribution in [0.4, 0.5) is 11.9 Å². The third-order valence-electron chi connectivity index (χ3n) is 2.26. The van der Waals surface area contributed by atoms with Crippen molar-refractivity contribution in [2.75, 3.05) is 24.3 Å². The third kappa shape index (κ3) is 3.72.